The predicted octanol–water partition coefficient (Wildman–Crippen LogP) is 0.864. The highest BCUT2D eigenvalue weighted by Crippen LogP contribution is 2.08. The minimum absolute atomic E-state index is 0.0556. The van der Waals surface area contributed by atoms with E-state index in [2.05, 4.69) is 20.4 Å². The number of aliphatic hydroxyl groups is 1. The number of carbonyl (C=O) groups excluding carboxylic acids is 1. The molecular formula is C19H33N3O4. The second-order valence-electron chi connectivity index (χ2n) is 6.89. The van der Waals surface area contributed by atoms with E-state index in [-0.39, 0.29) is 12.6 Å². The van der Waals surface area contributed by atoms with Crippen molar-refractivity contribution in [2.75, 3.05) is 52.5 Å². The Bertz CT molecular complexity index is 529. The van der Waals surface area contributed by atoms with Gasteiger partial charge in [-0.15, -0.1) is 0 Å². The lowest BCUT2D eigenvalue weighted by atomic mass is 10.3. The first-order chi connectivity index (χ1) is 12.6. The van der Waals surface area contributed by atoms with E-state index in [1.807, 2.05) is 26.2 Å². The highest BCUT2D eigenvalue weighted by atomic mass is 16.5. The van der Waals surface area contributed by atoms with Gasteiger partial charge < -0.3 is 19.1 Å². The maximum absolute atomic E-state index is 11.5. The molecule has 1 aromatic rings. The number of morpholine rings is 1. The van der Waals surface area contributed by atoms with E-state index in [1.54, 1.807) is 0 Å². The van der Waals surface area contributed by atoms with E-state index in [0.29, 0.717) is 13.0 Å². The molecule has 1 unspecified atom stereocenters. The summed E-state index contributed by atoms with van der Waals surface area (Å²) >= 11 is 0. The summed E-state index contributed by atoms with van der Waals surface area (Å²) in [6.45, 7) is 8.50. The Morgan fingerprint density at radius 1 is 1.42 bits per heavy atom. The highest BCUT2D eigenvalue weighted by Gasteiger charge is 2.17. The van der Waals surface area contributed by atoms with Crippen molar-refractivity contribution in [1.29, 1.82) is 0 Å². The lowest BCUT2D eigenvalue weighted by Crippen LogP contribution is -2.43. The molecule has 1 fully saturated rings. The fourth-order valence-electron chi connectivity index (χ4n) is 3.05. The number of hydrogen-bond donors (Lipinski definition) is 1. The number of hydrogen-bond acceptors (Lipinski definition) is 6. The molecule has 148 valence electrons. The van der Waals surface area contributed by atoms with Crippen LogP contribution in [0.5, 0.6) is 0 Å². The summed E-state index contributed by atoms with van der Waals surface area (Å²) in [5, 5.41) is 10.3. The van der Waals surface area contributed by atoms with Crippen LogP contribution in [-0.2, 0) is 27.9 Å². The van der Waals surface area contributed by atoms with Gasteiger partial charge in [0.25, 0.3) is 0 Å². The van der Waals surface area contributed by atoms with E-state index in [9.17, 15) is 9.90 Å². The standard InChI is InChI=1S/C19H33N3O4/c1-3-5-19(24)26-16-18(23)15-22(14-17-6-4-7-20(17)2)9-8-21-10-12-25-13-11-21/h4,6-7,18,23H,3,5,8-16H2,1-2H3. The molecular weight excluding hydrogens is 334 g/mol. The molecule has 0 saturated carbocycles. The molecule has 7 heteroatoms. The van der Waals surface area contributed by atoms with Crippen LogP contribution in [0.3, 0.4) is 0 Å². The predicted molar refractivity (Wildman–Crippen MR) is 99.8 cm³/mol. The molecule has 7 nitrogen and oxygen atoms in total. The van der Waals surface area contributed by atoms with Crippen LogP contribution >= 0.6 is 0 Å². The van der Waals surface area contributed by atoms with Gasteiger partial charge in [0.2, 0.25) is 0 Å². The van der Waals surface area contributed by atoms with Gasteiger partial charge in [0, 0.05) is 64.6 Å². The molecule has 0 amide bonds. The number of carbonyl (C=O) groups is 1. The maximum atomic E-state index is 11.5. The summed E-state index contributed by atoms with van der Waals surface area (Å²) in [6.07, 6.45) is 2.50. The first kappa shape index (κ1) is 20.9. The van der Waals surface area contributed by atoms with Gasteiger partial charge in [0.15, 0.2) is 0 Å². The van der Waals surface area contributed by atoms with Gasteiger partial charge in [-0.25, -0.2) is 0 Å². The van der Waals surface area contributed by atoms with Crippen molar-refractivity contribution in [2.45, 2.75) is 32.4 Å². The molecule has 1 saturated heterocycles. The average Bonchev–Trinajstić information content (AvgIpc) is 3.04. The van der Waals surface area contributed by atoms with Crippen molar-refractivity contribution in [3.8, 4) is 0 Å². The van der Waals surface area contributed by atoms with Crippen LogP contribution in [0.1, 0.15) is 25.5 Å². The fourth-order valence-corrected chi connectivity index (χ4v) is 3.05. The van der Waals surface area contributed by atoms with Crippen molar-refractivity contribution >= 4 is 5.97 Å². The van der Waals surface area contributed by atoms with Gasteiger partial charge in [-0.1, -0.05) is 6.92 Å². The zero-order valence-corrected chi connectivity index (χ0v) is 16.1. The first-order valence-corrected chi connectivity index (χ1v) is 9.54. The van der Waals surface area contributed by atoms with Gasteiger partial charge in [-0.2, -0.15) is 0 Å². The number of aryl methyl sites for hydroxylation is 1. The summed E-state index contributed by atoms with van der Waals surface area (Å²) < 4.78 is 12.6. The normalized spacial score (nSPS) is 16.8. The maximum Gasteiger partial charge on any atom is 0.305 e. The van der Waals surface area contributed by atoms with E-state index >= 15 is 0 Å². The minimum Gasteiger partial charge on any atom is -0.463 e. The Balaban J connectivity index is 1.84. The van der Waals surface area contributed by atoms with E-state index in [4.69, 9.17) is 9.47 Å². The summed E-state index contributed by atoms with van der Waals surface area (Å²) in [5.41, 5.74) is 1.20. The molecule has 1 atom stereocenters. The molecule has 1 aromatic heterocycles. The number of rotatable bonds is 11. The smallest absolute Gasteiger partial charge is 0.305 e. The van der Waals surface area contributed by atoms with Gasteiger partial charge in [-0.05, 0) is 18.6 Å². The Morgan fingerprint density at radius 2 is 2.19 bits per heavy atom. The van der Waals surface area contributed by atoms with Crippen LogP contribution in [0.25, 0.3) is 0 Å². The molecule has 0 spiro atoms. The molecule has 1 aliphatic rings. The molecule has 2 heterocycles. The Morgan fingerprint density at radius 3 is 2.85 bits per heavy atom. The quantitative estimate of drug-likeness (QED) is 0.585. The van der Waals surface area contributed by atoms with E-state index < -0.39 is 6.10 Å². The zero-order valence-electron chi connectivity index (χ0n) is 16.1. The van der Waals surface area contributed by atoms with Gasteiger partial charge >= 0.3 is 5.97 Å². The van der Waals surface area contributed by atoms with Crippen LogP contribution in [0.15, 0.2) is 18.3 Å². The van der Waals surface area contributed by atoms with Crippen molar-refractivity contribution in [3.63, 3.8) is 0 Å². The van der Waals surface area contributed by atoms with Crippen molar-refractivity contribution in [3.05, 3.63) is 24.0 Å². The molecule has 1 N–H and O–H groups in total. The fraction of sp³-hybridized carbons (Fsp3) is 0.737. The van der Waals surface area contributed by atoms with E-state index in [0.717, 1.165) is 52.4 Å². The van der Waals surface area contributed by atoms with Gasteiger partial charge in [0.05, 0.1) is 13.2 Å². The Labute approximate surface area is 156 Å². The second-order valence-corrected chi connectivity index (χ2v) is 6.89. The third-order valence-corrected chi connectivity index (χ3v) is 4.63. The number of nitrogens with zero attached hydrogens (tertiary/aromatic N) is 3. The molecule has 2 rings (SSSR count). The largest absolute Gasteiger partial charge is 0.463 e. The minimum atomic E-state index is -0.680. The molecule has 26 heavy (non-hydrogen) atoms. The summed E-state index contributed by atoms with van der Waals surface area (Å²) in [5.74, 6) is -0.242. The Hall–Kier alpha value is -1.41. The third-order valence-electron chi connectivity index (χ3n) is 4.63. The average molecular weight is 367 g/mol. The summed E-state index contributed by atoms with van der Waals surface area (Å²) in [4.78, 5) is 16.1. The van der Waals surface area contributed by atoms with Gasteiger partial charge in [0.1, 0.15) is 12.7 Å². The zero-order chi connectivity index (χ0) is 18.8. The van der Waals surface area contributed by atoms with Crippen molar-refractivity contribution in [1.82, 2.24) is 14.4 Å². The van der Waals surface area contributed by atoms with Gasteiger partial charge in [-0.3, -0.25) is 14.6 Å². The van der Waals surface area contributed by atoms with Crippen molar-refractivity contribution in [2.24, 2.45) is 7.05 Å². The topological polar surface area (TPSA) is 67.2 Å². The van der Waals surface area contributed by atoms with Crippen LogP contribution in [0.2, 0.25) is 0 Å². The lowest BCUT2D eigenvalue weighted by molar-refractivity contribution is -0.147. The first-order valence-electron chi connectivity index (χ1n) is 9.54. The lowest BCUT2D eigenvalue weighted by Gasteiger charge is -2.31. The number of aromatic nitrogens is 1. The summed E-state index contributed by atoms with van der Waals surface area (Å²) in [7, 11) is 2.03. The van der Waals surface area contributed by atoms with Crippen LogP contribution in [-0.4, -0.2) is 84.1 Å². The SMILES string of the molecule is CCCC(=O)OCC(O)CN(CCN1CCOCC1)Cc1cccn1C. The summed E-state index contributed by atoms with van der Waals surface area (Å²) in [6, 6.07) is 4.12. The van der Waals surface area contributed by atoms with Crippen LogP contribution in [0.4, 0.5) is 0 Å². The number of esters is 1. The van der Waals surface area contributed by atoms with Crippen molar-refractivity contribution < 1.29 is 19.4 Å². The number of ether oxygens (including phenoxy) is 2. The Kier molecular flexibility index (Phi) is 9.11. The molecule has 1 aliphatic heterocycles. The molecule has 0 radical (unpaired) electrons. The third kappa shape index (κ3) is 7.45. The highest BCUT2D eigenvalue weighted by molar-refractivity contribution is 5.69. The molecule has 0 aromatic carbocycles. The second kappa shape index (κ2) is 11.3. The molecule has 0 aliphatic carbocycles. The number of aliphatic hydroxyl groups excluding tert-OH is 1. The van der Waals surface area contributed by atoms with E-state index in [1.165, 1.54) is 5.69 Å². The van der Waals surface area contributed by atoms with Crippen LogP contribution < -0.4 is 0 Å². The van der Waals surface area contributed by atoms with Crippen LogP contribution in [0, 0.1) is 0 Å². The molecule has 0 bridgehead atoms. The monoisotopic (exact) mass is 367 g/mol.